The van der Waals surface area contributed by atoms with Crippen molar-refractivity contribution in [2.75, 3.05) is 20.7 Å². The molecule has 24 heavy (non-hydrogen) atoms. The van der Waals surface area contributed by atoms with Gasteiger partial charge in [-0.3, -0.25) is 4.99 Å². The topological polar surface area (TPSA) is 45.7 Å². The normalized spacial score (nSPS) is 11.2. The molecule has 0 heterocycles. The Hall–Kier alpha value is -2.56. The summed E-state index contributed by atoms with van der Waals surface area (Å²) in [6, 6.07) is 14.6. The lowest BCUT2D eigenvalue weighted by molar-refractivity contribution is 0.414. The number of ether oxygens (including phenoxy) is 1. The van der Waals surface area contributed by atoms with Crippen LogP contribution in [-0.4, -0.2) is 26.7 Å². The van der Waals surface area contributed by atoms with Crippen molar-refractivity contribution in [3.63, 3.8) is 0 Å². The molecule has 0 aromatic heterocycles. The van der Waals surface area contributed by atoms with Crippen LogP contribution in [0.5, 0.6) is 5.75 Å². The molecule has 0 saturated carbocycles. The Morgan fingerprint density at radius 1 is 1.08 bits per heavy atom. The Morgan fingerprint density at radius 3 is 2.62 bits per heavy atom. The summed E-state index contributed by atoms with van der Waals surface area (Å²) in [5, 5.41) is 6.45. The zero-order chi connectivity index (χ0) is 17.2. The summed E-state index contributed by atoms with van der Waals surface area (Å²) in [6.45, 7) is 1.34. The second-order valence-corrected chi connectivity index (χ2v) is 5.44. The van der Waals surface area contributed by atoms with Gasteiger partial charge in [-0.15, -0.1) is 0 Å². The molecule has 128 valence electrons. The number of aryl methyl sites for hydroxylation is 1. The highest BCUT2D eigenvalue weighted by atomic mass is 19.1. The van der Waals surface area contributed by atoms with E-state index in [1.807, 2.05) is 18.2 Å². The fourth-order valence-corrected chi connectivity index (χ4v) is 2.38. The lowest BCUT2D eigenvalue weighted by Crippen LogP contribution is -2.37. The van der Waals surface area contributed by atoms with Crippen molar-refractivity contribution in [1.29, 1.82) is 0 Å². The van der Waals surface area contributed by atoms with Gasteiger partial charge in [0.25, 0.3) is 0 Å². The van der Waals surface area contributed by atoms with Crippen molar-refractivity contribution < 1.29 is 9.13 Å². The van der Waals surface area contributed by atoms with E-state index in [2.05, 4.69) is 27.8 Å². The standard InChI is InChI=1S/C19H24FN3O/c1-21-19(23-14-16-7-3-9-17(20)12-16)22-11-5-8-15-6-4-10-18(13-15)24-2/h3-4,6-7,9-10,12-13H,5,8,11,14H2,1-2H3,(H2,21,22,23). The van der Waals surface area contributed by atoms with Gasteiger partial charge < -0.3 is 15.4 Å². The average Bonchev–Trinajstić information content (AvgIpc) is 2.61. The molecule has 0 spiro atoms. The van der Waals surface area contributed by atoms with Gasteiger partial charge in [0.2, 0.25) is 0 Å². The monoisotopic (exact) mass is 329 g/mol. The van der Waals surface area contributed by atoms with Crippen molar-refractivity contribution in [2.45, 2.75) is 19.4 Å². The highest BCUT2D eigenvalue weighted by molar-refractivity contribution is 5.79. The Morgan fingerprint density at radius 2 is 1.88 bits per heavy atom. The third-order valence-corrected chi connectivity index (χ3v) is 3.64. The van der Waals surface area contributed by atoms with Gasteiger partial charge in [0.15, 0.2) is 5.96 Å². The van der Waals surface area contributed by atoms with Gasteiger partial charge in [0.05, 0.1) is 7.11 Å². The first kappa shape index (κ1) is 17.8. The average molecular weight is 329 g/mol. The first-order valence-electron chi connectivity index (χ1n) is 8.03. The molecule has 0 amide bonds. The van der Waals surface area contributed by atoms with E-state index in [9.17, 15) is 4.39 Å². The van der Waals surface area contributed by atoms with Crippen LogP contribution >= 0.6 is 0 Å². The minimum Gasteiger partial charge on any atom is -0.497 e. The predicted octanol–water partition coefficient (Wildman–Crippen LogP) is 3.13. The molecule has 2 N–H and O–H groups in total. The minimum atomic E-state index is -0.226. The van der Waals surface area contributed by atoms with Crippen LogP contribution in [0.4, 0.5) is 4.39 Å². The van der Waals surface area contributed by atoms with E-state index in [0.717, 1.165) is 30.7 Å². The fraction of sp³-hybridized carbons (Fsp3) is 0.316. The third-order valence-electron chi connectivity index (χ3n) is 3.64. The molecular weight excluding hydrogens is 305 g/mol. The van der Waals surface area contributed by atoms with Crippen LogP contribution in [0.15, 0.2) is 53.5 Å². The Bertz CT molecular complexity index is 673. The Labute approximate surface area is 142 Å². The number of rotatable bonds is 7. The van der Waals surface area contributed by atoms with Crippen LogP contribution in [0.2, 0.25) is 0 Å². The van der Waals surface area contributed by atoms with Gasteiger partial charge in [-0.1, -0.05) is 24.3 Å². The first-order valence-corrected chi connectivity index (χ1v) is 8.03. The minimum absolute atomic E-state index is 0.226. The van der Waals surface area contributed by atoms with Crippen molar-refractivity contribution in [1.82, 2.24) is 10.6 Å². The van der Waals surface area contributed by atoms with Gasteiger partial charge in [-0.25, -0.2) is 4.39 Å². The number of halogens is 1. The molecule has 0 atom stereocenters. The van der Waals surface area contributed by atoms with Gasteiger partial charge in [0, 0.05) is 20.1 Å². The number of methoxy groups -OCH3 is 1. The number of benzene rings is 2. The summed E-state index contributed by atoms with van der Waals surface area (Å²) in [6.07, 6.45) is 1.94. The zero-order valence-corrected chi connectivity index (χ0v) is 14.2. The zero-order valence-electron chi connectivity index (χ0n) is 14.2. The fourth-order valence-electron chi connectivity index (χ4n) is 2.38. The first-order chi connectivity index (χ1) is 11.7. The van der Waals surface area contributed by atoms with Crippen molar-refractivity contribution >= 4 is 5.96 Å². The maximum absolute atomic E-state index is 13.2. The molecule has 2 aromatic rings. The van der Waals surface area contributed by atoms with Gasteiger partial charge >= 0.3 is 0 Å². The van der Waals surface area contributed by atoms with Crippen LogP contribution in [0, 0.1) is 5.82 Å². The molecule has 0 saturated heterocycles. The summed E-state index contributed by atoms with van der Waals surface area (Å²) in [7, 11) is 3.40. The summed E-state index contributed by atoms with van der Waals surface area (Å²) >= 11 is 0. The highest BCUT2D eigenvalue weighted by Crippen LogP contribution is 2.13. The molecule has 0 bridgehead atoms. The third kappa shape index (κ3) is 5.91. The number of hydrogen-bond acceptors (Lipinski definition) is 2. The molecule has 0 aliphatic heterocycles. The molecule has 0 aliphatic carbocycles. The maximum atomic E-state index is 13.2. The van der Waals surface area contributed by atoms with Gasteiger partial charge in [-0.2, -0.15) is 0 Å². The quantitative estimate of drug-likeness (QED) is 0.466. The predicted molar refractivity (Wildman–Crippen MR) is 95.9 cm³/mol. The molecule has 2 rings (SSSR count). The summed E-state index contributed by atoms with van der Waals surface area (Å²) in [5.74, 6) is 1.37. The second-order valence-electron chi connectivity index (χ2n) is 5.44. The number of nitrogens with one attached hydrogen (secondary N) is 2. The lowest BCUT2D eigenvalue weighted by Gasteiger charge is -2.12. The molecule has 0 unspecified atom stereocenters. The highest BCUT2D eigenvalue weighted by Gasteiger charge is 2.00. The SMILES string of the molecule is CN=C(NCCCc1cccc(OC)c1)NCc1cccc(F)c1. The largest absolute Gasteiger partial charge is 0.497 e. The van der Waals surface area contributed by atoms with E-state index < -0.39 is 0 Å². The summed E-state index contributed by atoms with van der Waals surface area (Å²) in [4.78, 5) is 4.18. The van der Waals surface area contributed by atoms with E-state index in [-0.39, 0.29) is 5.82 Å². The van der Waals surface area contributed by atoms with Crippen molar-refractivity contribution in [3.05, 3.63) is 65.5 Å². The molecular formula is C19H24FN3O. The van der Waals surface area contributed by atoms with Crippen LogP contribution in [0.3, 0.4) is 0 Å². The van der Waals surface area contributed by atoms with E-state index in [4.69, 9.17) is 4.74 Å². The smallest absolute Gasteiger partial charge is 0.191 e. The molecule has 2 aromatic carbocycles. The maximum Gasteiger partial charge on any atom is 0.191 e. The van der Waals surface area contributed by atoms with Crippen LogP contribution in [0.1, 0.15) is 17.5 Å². The number of hydrogen-bond donors (Lipinski definition) is 2. The van der Waals surface area contributed by atoms with E-state index in [1.165, 1.54) is 17.7 Å². The van der Waals surface area contributed by atoms with Gasteiger partial charge in [-0.05, 0) is 48.2 Å². The van der Waals surface area contributed by atoms with Crippen molar-refractivity contribution in [3.8, 4) is 5.75 Å². The van der Waals surface area contributed by atoms with E-state index in [1.54, 1.807) is 20.2 Å². The second kappa shape index (κ2) is 9.55. The molecule has 0 fully saturated rings. The molecule has 5 heteroatoms. The molecule has 0 radical (unpaired) electrons. The van der Waals surface area contributed by atoms with E-state index in [0.29, 0.717) is 12.5 Å². The summed E-state index contributed by atoms with van der Waals surface area (Å²) < 4.78 is 18.4. The summed E-state index contributed by atoms with van der Waals surface area (Å²) in [5.41, 5.74) is 2.13. The van der Waals surface area contributed by atoms with Crippen molar-refractivity contribution in [2.24, 2.45) is 4.99 Å². The number of nitrogens with zero attached hydrogens (tertiary/aromatic N) is 1. The Balaban J connectivity index is 1.71. The van der Waals surface area contributed by atoms with Crippen LogP contribution in [0.25, 0.3) is 0 Å². The number of aliphatic imine (C=N–C) groups is 1. The molecule has 4 nitrogen and oxygen atoms in total. The number of guanidine groups is 1. The van der Waals surface area contributed by atoms with E-state index >= 15 is 0 Å². The van der Waals surface area contributed by atoms with Crippen LogP contribution in [-0.2, 0) is 13.0 Å². The van der Waals surface area contributed by atoms with Crippen LogP contribution < -0.4 is 15.4 Å². The lowest BCUT2D eigenvalue weighted by atomic mass is 10.1. The van der Waals surface area contributed by atoms with Gasteiger partial charge in [0.1, 0.15) is 11.6 Å². The molecule has 0 aliphatic rings. The Kier molecular flexibility index (Phi) is 7.08.